The van der Waals surface area contributed by atoms with Gasteiger partial charge in [0.15, 0.2) is 5.96 Å². The molecule has 0 aliphatic carbocycles. The fourth-order valence-corrected chi connectivity index (χ4v) is 2.01. The Morgan fingerprint density at radius 3 is 2.73 bits per heavy atom. The normalized spacial score (nSPS) is 10.9. The molecular weight excluding hydrogens is 391 g/mol. The molecule has 3 N–H and O–H groups in total. The van der Waals surface area contributed by atoms with Crippen molar-refractivity contribution < 1.29 is 4.74 Å². The predicted octanol–water partition coefficient (Wildman–Crippen LogP) is 3.47. The number of rotatable bonds is 10. The van der Waals surface area contributed by atoms with E-state index in [9.17, 15) is 0 Å². The number of nitrogens with two attached hydrogens (primary N) is 1. The topological polar surface area (TPSA) is 72.5 Å². The van der Waals surface area contributed by atoms with Crippen molar-refractivity contribution in [3.63, 3.8) is 0 Å². The summed E-state index contributed by atoms with van der Waals surface area (Å²) >= 11 is 0. The number of aliphatic imine (C=N–C) groups is 1. The highest BCUT2D eigenvalue weighted by molar-refractivity contribution is 14.0. The zero-order chi connectivity index (χ0) is 15.3. The van der Waals surface area contributed by atoms with E-state index < -0.39 is 0 Å². The van der Waals surface area contributed by atoms with Crippen LogP contribution >= 0.6 is 24.0 Å². The maximum Gasteiger partial charge on any atom is 0.213 e. The van der Waals surface area contributed by atoms with Crippen molar-refractivity contribution in [1.29, 1.82) is 0 Å². The van der Waals surface area contributed by atoms with Gasteiger partial charge < -0.3 is 15.8 Å². The van der Waals surface area contributed by atoms with Gasteiger partial charge in [-0.05, 0) is 18.1 Å². The van der Waals surface area contributed by atoms with Gasteiger partial charge in [-0.2, -0.15) is 0 Å². The molecule has 0 amide bonds. The van der Waals surface area contributed by atoms with E-state index >= 15 is 0 Å². The van der Waals surface area contributed by atoms with Crippen LogP contribution in [0.3, 0.4) is 0 Å². The number of ether oxygens (including phenoxy) is 1. The van der Waals surface area contributed by atoms with Gasteiger partial charge in [0, 0.05) is 18.8 Å². The number of unbranched alkanes of at least 4 members (excludes halogenated alkanes) is 5. The first-order valence-corrected chi connectivity index (χ1v) is 7.79. The average molecular weight is 420 g/mol. The van der Waals surface area contributed by atoms with Crippen molar-refractivity contribution in [2.24, 2.45) is 10.7 Å². The fraction of sp³-hybridized carbons (Fsp3) is 0.625. The third-order valence-electron chi connectivity index (χ3n) is 3.28. The highest BCUT2D eigenvalue weighted by Crippen LogP contribution is 2.09. The standard InChI is InChI=1S/C16H28N4O.HI/c1-3-4-5-6-7-8-10-19-16(17)20-13-14-9-11-18-15(12-14)21-2;/h9,11-12H,3-8,10,13H2,1-2H3,(H3,17,19,20);1H. The molecule has 1 heterocycles. The molecule has 6 heteroatoms. The van der Waals surface area contributed by atoms with Crippen LogP contribution in [-0.4, -0.2) is 24.6 Å². The Balaban J connectivity index is 0.00000441. The van der Waals surface area contributed by atoms with Gasteiger partial charge >= 0.3 is 0 Å². The maximum absolute atomic E-state index is 5.85. The van der Waals surface area contributed by atoms with E-state index in [4.69, 9.17) is 10.5 Å². The Kier molecular flexibility index (Phi) is 13.0. The summed E-state index contributed by atoms with van der Waals surface area (Å²) in [5.74, 6) is 1.10. The summed E-state index contributed by atoms with van der Waals surface area (Å²) in [5, 5.41) is 3.15. The van der Waals surface area contributed by atoms with Crippen LogP contribution in [-0.2, 0) is 6.54 Å². The molecule has 0 radical (unpaired) electrons. The summed E-state index contributed by atoms with van der Waals surface area (Å²) in [6.45, 7) is 3.66. The molecule has 0 aromatic carbocycles. The minimum Gasteiger partial charge on any atom is -0.481 e. The molecule has 0 saturated heterocycles. The SMILES string of the molecule is CCCCCCCCNC(N)=NCc1ccnc(OC)c1.I. The third-order valence-corrected chi connectivity index (χ3v) is 3.28. The van der Waals surface area contributed by atoms with Gasteiger partial charge in [-0.3, -0.25) is 0 Å². The van der Waals surface area contributed by atoms with Crippen molar-refractivity contribution in [1.82, 2.24) is 10.3 Å². The first-order chi connectivity index (χ1) is 10.3. The van der Waals surface area contributed by atoms with Crippen LogP contribution in [0, 0.1) is 0 Å². The quantitative estimate of drug-likeness (QED) is 0.263. The van der Waals surface area contributed by atoms with Crippen LogP contribution in [0.4, 0.5) is 0 Å². The van der Waals surface area contributed by atoms with Crippen LogP contribution in [0.25, 0.3) is 0 Å². The number of nitrogens with one attached hydrogen (secondary N) is 1. The molecule has 0 fully saturated rings. The Bertz CT molecular complexity index is 426. The van der Waals surface area contributed by atoms with Gasteiger partial charge in [0.25, 0.3) is 0 Å². The van der Waals surface area contributed by atoms with Crippen molar-refractivity contribution in [3.8, 4) is 5.88 Å². The van der Waals surface area contributed by atoms with Gasteiger partial charge in [0.1, 0.15) is 0 Å². The van der Waals surface area contributed by atoms with Crippen LogP contribution in [0.15, 0.2) is 23.3 Å². The second kappa shape index (κ2) is 13.6. The number of hydrogen-bond donors (Lipinski definition) is 2. The summed E-state index contributed by atoms with van der Waals surface area (Å²) < 4.78 is 5.07. The largest absolute Gasteiger partial charge is 0.481 e. The molecule has 126 valence electrons. The zero-order valence-corrected chi connectivity index (χ0v) is 16.0. The Hall–Kier alpha value is -1.05. The van der Waals surface area contributed by atoms with Crippen LogP contribution in [0.1, 0.15) is 51.0 Å². The molecule has 5 nitrogen and oxygen atoms in total. The lowest BCUT2D eigenvalue weighted by Crippen LogP contribution is -2.32. The van der Waals surface area contributed by atoms with Crippen molar-refractivity contribution in [3.05, 3.63) is 23.9 Å². The summed E-state index contributed by atoms with van der Waals surface area (Å²) in [6.07, 6.45) is 9.38. The average Bonchev–Trinajstić information content (AvgIpc) is 2.52. The molecule has 0 bridgehead atoms. The summed E-state index contributed by atoms with van der Waals surface area (Å²) in [5.41, 5.74) is 6.88. The molecule has 0 aliphatic rings. The second-order valence-corrected chi connectivity index (χ2v) is 5.10. The van der Waals surface area contributed by atoms with E-state index in [2.05, 4.69) is 22.2 Å². The lowest BCUT2D eigenvalue weighted by molar-refractivity contribution is 0.397. The number of nitrogens with zero attached hydrogens (tertiary/aromatic N) is 2. The molecule has 0 atom stereocenters. The van der Waals surface area contributed by atoms with E-state index in [1.807, 2.05) is 12.1 Å². The first-order valence-electron chi connectivity index (χ1n) is 7.79. The molecule has 0 saturated carbocycles. The smallest absolute Gasteiger partial charge is 0.213 e. The minimum atomic E-state index is 0. The van der Waals surface area contributed by atoms with E-state index in [1.54, 1.807) is 13.3 Å². The first kappa shape index (κ1) is 20.9. The van der Waals surface area contributed by atoms with Crippen LogP contribution in [0.2, 0.25) is 0 Å². The van der Waals surface area contributed by atoms with Crippen molar-refractivity contribution >= 4 is 29.9 Å². The number of guanidine groups is 1. The number of methoxy groups -OCH3 is 1. The molecule has 1 rings (SSSR count). The van der Waals surface area contributed by atoms with Gasteiger partial charge in [-0.25, -0.2) is 9.98 Å². The highest BCUT2D eigenvalue weighted by atomic mass is 127. The van der Waals surface area contributed by atoms with Crippen LogP contribution < -0.4 is 15.8 Å². The number of halogens is 1. The molecule has 0 spiro atoms. The lowest BCUT2D eigenvalue weighted by atomic mass is 10.1. The van der Waals surface area contributed by atoms with Gasteiger partial charge in [-0.15, -0.1) is 24.0 Å². The monoisotopic (exact) mass is 420 g/mol. The van der Waals surface area contributed by atoms with Gasteiger partial charge in [0.05, 0.1) is 13.7 Å². The summed E-state index contributed by atoms with van der Waals surface area (Å²) in [7, 11) is 1.60. The fourth-order valence-electron chi connectivity index (χ4n) is 2.01. The van der Waals surface area contributed by atoms with E-state index in [1.165, 1.54) is 32.1 Å². The Labute approximate surface area is 151 Å². The second-order valence-electron chi connectivity index (χ2n) is 5.10. The van der Waals surface area contributed by atoms with E-state index in [-0.39, 0.29) is 24.0 Å². The number of hydrogen-bond acceptors (Lipinski definition) is 3. The Morgan fingerprint density at radius 2 is 2.00 bits per heavy atom. The summed E-state index contributed by atoms with van der Waals surface area (Å²) in [4.78, 5) is 8.38. The third kappa shape index (κ3) is 9.81. The molecule has 1 aromatic rings. The zero-order valence-electron chi connectivity index (χ0n) is 13.7. The van der Waals surface area contributed by atoms with E-state index in [0.717, 1.165) is 18.5 Å². The molecule has 0 aliphatic heterocycles. The number of pyridine rings is 1. The predicted molar refractivity (Wildman–Crippen MR) is 103 cm³/mol. The molecule has 1 aromatic heterocycles. The van der Waals surface area contributed by atoms with E-state index in [0.29, 0.717) is 18.4 Å². The van der Waals surface area contributed by atoms with Gasteiger partial charge in [-0.1, -0.05) is 39.0 Å². The van der Waals surface area contributed by atoms with Crippen molar-refractivity contribution in [2.75, 3.05) is 13.7 Å². The molecule has 22 heavy (non-hydrogen) atoms. The van der Waals surface area contributed by atoms with Gasteiger partial charge in [0.2, 0.25) is 5.88 Å². The van der Waals surface area contributed by atoms with Crippen molar-refractivity contribution in [2.45, 2.75) is 52.0 Å². The Morgan fingerprint density at radius 1 is 1.27 bits per heavy atom. The van der Waals surface area contributed by atoms with Crippen LogP contribution in [0.5, 0.6) is 5.88 Å². The lowest BCUT2D eigenvalue weighted by Gasteiger charge is -2.06. The maximum atomic E-state index is 5.85. The number of aromatic nitrogens is 1. The molecular formula is C16H29IN4O. The minimum absolute atomic E-state index is 0. The highest BCUT2D eigenvalue weighted by Gasteiger charge is 1.97. The summed E-state index contributed by atoms with van der Waals surface area (Å²) in [6, 6.07) is 3.78. The molecule has 0 unspecified atom stereocenters.